The van der Waals surface area contributed by atoms with Crippen LogP contribution in [0.3, 0.4) is 0 Å². The van der Waals surface area contributed by atoms with Crippen molar-refractivity contribution in [1.29, 1.82) is 0 Å². The number of amides is 1. The Morgan fingerprint density at radius 2 is 1.77 bits per heavy atom. The van der Waals surface area contributed by atoms with Gasteiger partial charge in [0, 0.05) is 24.3 Å². The summed E-state index contributed by atoms with van der Waals surface area (Å²) in [5, 5.41) is 11.8. The second-order valence-corrected chi connectivity index (χ2v) is 4.85. The molecule has 2 rings (SSSR count). The number of para-hydroxylation sites is 1. The summed E-state index contributed by atoms with van der Waals surface area (Å²) in [6.07, 6.45) is 0. The number of carbonyl (C=O) groups is 1. The van der Waals surface area contributed by atoms with Crippen molar-refractivity contribution < 1.29 is 14.3 Å². The summed E-state index contributed by atoms with van der Waals surface area (Å²) >= 11 is 0. The first-order valence-corrected chi connectivity index (χ1v) is 7.11. The van der Waals surface area contributed by atoms with Crippen LogP contribution in [0.1, 0.15) is 5.56 Å². The minimum absolute atomic E-state index is 0.0461. The number of carbonyl (C=O) groups excluding carboxylic acids is 1. The Bertz CT molecular complexity index is 605. The van der Waals surface area contributed by atoms with Crippen molar-refractivity contribution >= 4 is 11.6 Å². The Morgan fingerprint density at radius 3 is 2.45 bits per heavy atom. The molecule has 0 saturated carbocycles. The molecule has 2 aromatic carbocycles. The van der Waals surface area contributed by atoms with Gasteiger partial charge in [-0.05, 0) is 18.2 Å². The van der Waals surface area contributed by atoms with Crippen molar-refractivity contribution in [2.45, 2.75) is 6.54 Å². The maximum atomic E-state index is 13.5. The molecule has 0 aliphatic carbocycles. The van der Waals surface area contributed by atoms with Crippen LogP contribution in [0.25, 0.3) is 0 Å². The van der Waals surface area contributed by atoms with E-state index in [9.17, 15) is 9.18 Å². The van der Waals surface area contributed by atoms with Crippen LogP contribution < -0.4 is 10.2 Å². The van der Waals surface area contributed by atoms with E-state index < -0.39 is 0 Å². The van der Waals surface area contributed by atoms with Crippen LogP contribution in [0.15, 0.2) is 54.6 Å². The summed E-state index contributed by atoms with van der Waals surface area (Å²) < 4.78 is 13.5. The van der Waals surface area contributed by atoms with Crippen molar-refractivity contribution in [1.82, 2.24) is 5.32 Å². The number of nitrogens with one attached hydrogen (secondary N) is 1. The first-order valence-electron chi connectivity index (χ1n) is 7.11. The molecule has 1 amide bonds. The van der Waals surface area contributed by atoms with E-state index in [1.54, 1.807) is 23.1 Å². The zero-order chi connectivity index (χ0) is 15.8. The molecule has 116 valence electrons. The van der Waals surface area contributed by atoms with Gasteiger partial charge >= 0.3 is 0 Å². The van der Waals surface area contributed by atoms with Gasteiger partial charge in [0.2, 0.25) is 5.91 Å². The largest absolute Gasteiger partial charge is 0.395 e. The van der Waals surface area contributed by atoms with Gasteiger partial charge in [-0.2, -0.15) is 0 Å². The number of aliphatic hydroxyl groups excluding tert-OH is 1. The second kappa shape index (κ2) is 8.14. The van der Waals surface area contributed by atoms with Gasteiger partial charge in [0.05, 0.1) is 13.2 Å². The third-order valence-corrected chi connectivity index (χ3v) is 3.26. The second-order valence-electron chi connectivity index (χ2n) is 4.85. The molecule has 0 saturated heterocycles. The molecule has 2 aromatic rings. The van der Waals surface area contributed by atoms with E-state index in [1.165, 1.54) is 6.07 Å². The van der Waals surface area contributed by atoms with Gasteiger partial charge in [-0.25, -0.2) is 4.39 Å². The fourth-order valence-corrected chi connectivity index (χ4v) is 2.12. The van der Waals surface area contributed by atoms with Crippen LogP contribution in [-0.4, -0.2) is 30.7 Å². The van der Waals surface area contributed by atoms with E-state index in [1.807, 2.05) is 30.3 Å². The van der Waals surface area contributed by atoms with Crippen molar-refractivity contribution in [2.24, 2.45) is 0 Å². The molecule has 2 N–H and O–H groups in total. The fraction of sp³-hybridized carbons (Fsp3) is 0.235. The first-order chi connectivity index (χ1) is 10.7. The van der Waals surface area contributed by atoms with E-state index in [0.717, 1.165) is 5.69 Å². The highest BCUT2D eigenvalue weighted by atomic mass is 19.1. The van der Waals surface area contributed by atoms with Crippen LogP contribution in [0.4, 0.5) is 10.1 Å². The Balaban J connectivity index is 1.93. The normalized spacial score (nSPS) is 10.3. The molecule has 0 fully saturated rings. The van der Waals surface area contributed by atoms with Crippen LogP contribution in [0.5, 0.6) is 0 Å². The summed E-state index contributed by atoms with van der Waals surface area (Å²) in [5.41, 5.74) is 1.31. The highest BCUT2D eigenvalue weighted by Gasteiger charge is 2.11. The molecule has 0 bridgehead atoms. The Kier molecular flexibility index (Phi) is 5.91. The number of rotatable bonds is 7. The topological polar surface area (TPSA) is 52.6 Å². The van der Waals surface area contributed by atoms with Crippen molar-refractivity contribution in [3.63, 3.8) is 0 Å². The first kappa shape index (κ1) is 16.0. The zero-order valence-electron chi connectivity index (χ0n) is 12.2. The summed E-state index contributed by atoms with van der Waals surface area (Å²) in [4.78, 5) is 13.8. The summed E-state index contributed by atoms with van der Waals surface area (Å²) in [6.45, 7) is 0.568. The molecule has 0 spiro atoms. The maximum absolute atomic E-state index is 13.5. The highest BCUT2D eigenvalue weighted by molar-refractivity contribution is 5.81. The lowest BCUT2D eigenvalue weighted by Crippen LogP contribution is -2.38. The average Bonchev–Trinajstić information content (AvgIpc) is 2.54. The molecule has 0 aliphatic heterocycles. The van der Waals surface area contributed by atoms with Gasteiger partial charge in [0.1, 0.15) is 5.82 Å². The number of anilines is 1. The third-order valence-electron chi connectivity index (χ3n) is 3.26. The minimum atomic E-state index is -0.335. The van der Waals surface area contributed by atoms with E-state index in [4.69, 9.17) is 5.11 Å². The van der Waals surface area contributed by atoms with Crippen LogP contribution in [-0.2, 0) is 11.3 Å². The maximum Gasteiger partial charge on any atom is 0.239 e. The Hall–Kier alpha value is -2.40. The molecular weight excluding hydrogens is 283 g/mol. The fourth-order valence-electron chi connectivity index (χ4n) is 2.12. The lowest BCUT2D eigenvalue weighted by atomic mass is 10.2. The van der Waals surface area contributed by atoms with E-state index in [2.05, 4.69) is 5.32 Å². The molecule has 4 nitrogen and oxygen atoms in total. The Labute approximate surface area is 129 Å². The number of benzene rings is 2. The zero-order valence-corrected chi connectivity index (χ0v) is 12.2. The van der Waals surface area contributed by atoms with Gasteiger partial charge in [0.15, 0.2) is 0 Å². The number of hydrogen-bond acceptors (Lipinski definition) is 3. The van der Waals surface area contributed by atoms with E-state index >= 15 is 0 Å². The van der Waals surface area contributed by atoms with Crippen molar-refractivity contribution in [3.05, 3.63) is 66.0 Å². The summed E-state index contributed by atoms with van der Waals surface area (Å²) in [5.74, 6) is -0.557. The van der Waals surface area contributed by atoms with Gasteiger partial charge in [0.25, 0.3) is 0 Å². The van der Waals surface area contributed by atoms with Gasteiger partial charge in [-0.1, -0.05) is 36.4 Å². The highest BCUT2D eigenvalue weighted by Crippen LogP contribution is 2.12. The van der Waals surface area contributed by atoms with Gasteiger partial charge in [-0.3, -0.25) is 4.79 Å². The van der Waals surface area contributed by atoms with E-state index in [-0.39, 0.29) is 31.4 Å². The molecular formula is C17H19FN2O2. The molecule has 0 unspecified atom stereocenters. The molecule has 0 aliphatic rings. The average molecular weight is 302 g/mol. The third kappa shape index (κ3) is 4.56. The number of nitrogens with zero attached hydrogens (tertiary/aromatic N) is 1. The van der Waals surface area contributed by atoms with Crippen LogP contribution in [0, 0.1) is 5.82 Å². The number of halogens is 1. The monoisotopic (exact) mass is 302 g/mol. The molecule has 0 heterocycles. The summed E-state index contributed by atoms with van der Waals surface area (Å²) in [6, 6.07) is 15.7. The quantitative estimate of drug-likeness (QED) is 0.822. The van der Waals surface area contributed by atoms with Crippen LogP contribution in [0.2, 0.25) is 0 Å². The molecule has 5 heteroatoms. The predicted molar refractivity (Wildman–Crippen MR) is 84.0 cm³/mol. The smallest absolute Gasteiger partial charge is 0.239 e. The molecule has 0 atom stereocenters. The SMILES string of the molecule is O=C(CN(CCO)c1ccccc1)NCc1ccccc1F. The minimum Gasteiger partial charge on any atom is -0.395 e. The Morgan fingerprint density at radius 1 is 1.09 bits per heavy atom. The van der Waals surface area contributed by atoms with Gasteiger partial charge < -0.3 is 15.3 Å². The lowest BCUT2D eigenvalue weighted by Gasteiger charge is -2.23. The standard InChI is InChI=1S/C17H19FN2O2/c18-16-9-5-4-6-14(16)12-19-17(22)13-20(10-11-21)15-7-2-1-3-8-15/h1-9,21H,10-13H2,(H,19,22). The van der Waals surface area contributed by atoms with E-state index in [0.29, 0.717) is 12.1 Å². The molecule has 22 heavy (non-hydrogen) atoms. The number of hydrogen-bond donors (Lipinski definition) is 2. The van der Waals surface area contributed by atoms with Gasteiger partial charge in [-0.15, -0.1) is 0 Å². The van der Waals surface area contributed by atoms with Crippen LogP contribution >= 0.6 is 0 Å². The molecule has 0 aromatic heterocycles. The van der Waals surface area contributed by atoms with Crippen molar-refractivity contribution in [3.8, 4) is 0 Å². The lowest BCUT2D eigenvalue weighted by molar-refractivity contribution is -0.119. The molecule has 0 radical (unpaired) electrons. The predicted octanol–water partition coefficient (Wildman–Crippen LogP) is 1.94. The van der Waals surface area contributed by atoms with Crippen molar-refractivity contribution in [2.75, 3.05) is 24.6 Å². The summed E-state index contributed by atoms with van der Waals surface area (Å²) in [7, 11) is 0. The number of aliphatic hydroxyl groups is 1.